The monoisotopic (exact) mass is 422 g/mol. The average Bonchev–Trinajstić information content (AvgIpc) is 3.04. The normalized spacial score (nSPS) is 10.4. The number of carbonyl (C=O) groups is 2. The maximum absolute atomic E-state index is 12.8. The summed E-state index contributed by atoms with van der Waals surface area (Å²) >= 11 is 1.07. The molecule has 0 spiro atoms. The molecule has 0 saturated heterocycles. The van der Waals surface area contributed by atoms with Gasteiger partial charge in [-0.1, -0.05) is 11.3 Å². The third-order valence-electron chi connectivity index (χ3n) is 3.65. The predicted octanol–water partition coefficient (Wildman–Crippen LogP) is 4.08. The highest BCUT2D eigenvalue weighted by Gasteiger charge is 2.21. The van der Waals surface area contributed by atoms with Gasteiger partial charge in [0.25, 0.3) is 5.91 Å². The fourth-order valence-electron chi connectivity index (χ4n) is 2.52. The van der Waals surface area contributed by atoms with Crippen LogP contribution >= 0.6 is 11.3 Å². The minimum Gasteiger partial charge on any atom is -0.490 e. The number of carbonyl (C=O) groups excluding carboxylic acids is 2. The molecule has 1 aromatic heterocycles. The van der Waals surface area contributed by atoms with E-state index in [9.17, 15) is 9.59 Å². The van der Waals surface area contributed by atoms with Crippen molar-refractivity contribution >= 4 is 28.3 Å². The molecule has 0 aliphatic rings. The van der Waals surface area contributed by atoms with Crippen molar-refractivity contribution in [3.05, 3.63) is 28.3 Å². The minimum absolute atomic E-state index is 0.268. The van der Waals surface area contributed by atoms with Crippen LogP contribution in [0, 0.1) is 6.92 Å². The van der Waals surface area contributed by atoms with E-state index in [-0.39, 0.29) is 6.61 Å². The highest BCUT2D eigenvalue weighted by molar-refractivity contribution is 7.17. The van der Waals surface area contributed by atoms with E-state index in [2.05, 4.69) is 10.3 Å². The summed E-state index contributed by atoms with van der Waals surface area (Å²) in [5, 5.41) is 3.02. The van der Waals surface area contributed by atoms with Gasteiger partial charge in [-0.05, 0) is 46.8 Å². The van der Waals surface area contributed by atoms with Gasteiger partial charge in [-0.15, -0.1) is 0 Å². The molecule has 2 rings (SSSR count). The molecular weight excluding hydrogens is 396 g/mol. The van der Waals surface area contributed by atoms with E-state index in [1.807, 2.05) is 20.8 Å². The van der Waals surface area contributed by atoms with Crippen molar-refractivity contribution in [3.63, 3.8) is 0 Å². The molecule has 0 atom stereocenters. The summed E-state index contributed by atoms with van der Waals surface area (Å²) < 4.78 is 21.9. The van der Waals surface area contributed by atoms with Crippen molar-refractivity contribution in [2.24, 2.45) is 0 Å². The van der Waals surface area contributed by atoms with E-state index in [1.54, 1.807) is 26.0 Å². The standard InChI is InChI=1S/C20H26N2O6S/c1-6-25-14-10-13(11-15(26-7-2)16(14)27-8-3)18(23)22-20-21-12(5)17(29-20)19(24)28-9-4/h10-11H,6-9H2,1-5H3,(H,21,22,23). The Labute approximate surface area is 174 Å². The molecule has 0 radical (unpaired) electrons. The van der Waals surface area contributed by atoms with Crippen molar-refractivity contribution < 1.29 is 28.5 Å². The fourth-order valence-corrected chi connectivity index (χ4v) is 3.38. The zero-order valence-corrected chi connectivity index (χ0v) is 18.1. The van der Waals surface area contributed by atoms with Crippen molar-refractivity contribution in [1.29, 1.82) is 0 Å². The molecule has 158 valence electrons. The highest BCUT2D eigenvalue weighted by Crippen LogP contribution is 2.39. The van der Waals surface area contributed by atoms with Gasteiger partial charge < -0.3 is 18.9 Å². The molecular formula is C20H26N2O6S. The lowest BCUT2D eigenvalue weighted by Crippen LogP contribution is -2.13. The number of hydrogen-bond donors (Lipinski definition) is 1. The molecule has 1 heterocycles. The summed E-state index contributed by atoms with van der Waals surface area (Å²) in [7, 11) is 0. The Bertz CT molecular complexity index is 838. The van der Waals surface area contributed by atoms with E-state index in [0.717, 1.165) is 11.3 Å². The Morgan fingerprint density at radius 3 is 2.07 bits per heavy atom. The third-order valence-corrected chi connectivity index (χ3v) is 4.70. The first-order chi connectivity index (χ1) is 13.9. The summed E-state index contributed by atoms with van der Waals surface area (Å²) in [4.78, 5) is 29.4. The Balaban J connectivity index is 2.32. The summed E-state index contributed by atoms with van der Waals surface area (Å²) in [6.45, 7) is 10.5. The molecule has 1 aromatic carbocycles. The van der Waals surface area contributed by atoms with Crippen LogP contribution in [-0.4, -0.2) is 43.3 Å². The smallest absolute Gasteiger partial charge is 0.350 e. The Kier molecular flexibility index (Phi) is 8.26. The average molecular weight is 423 g/mol. The van der Waals surface area contributed by atoms with Gasteiger partial charge in [-0.25, -0.2) is 9.78 Å². The molecule has 1 N–H and O–H groups in total. The third kappa shape index (κ3) is 5.60. The summed E-state index contributed by atoms with van der Waals surface area (Å²) in [5.41, 5.74) is 0.825. The maximum atomic E-state index is 12.8. The number of hydrogen-bond acceptors (Lipinski definition) is 8. The Morgan fingerprint density at radius 2 is 1.55 bits per heavy atom. The van der Waals surface area contributed by atoms with Crippen molar-refractivity contribution in [2.45, 2.75) is 34.6 Å². The zero-order valence-electron chi connectivity index (χ0n) is 17.3. The molecule has 0 saturated carbocycles. The minimum atomic E-state index is -0.457. The van der Waals surface area contributed by atoms with Crippen LogP contribution in [0.4, 0.5) is 5.13 Å². The second kappa shape index (κ2) is 10.7. The molecule has 0 bridgehead atoms. The van der Waals surface area contributed by atoms with Crippen LogP contribution in [0.2, 0.25) is 0 Å². The van der Waals surface area contributed by atoms with E-state index in [1.165, 1.54) is 0 Å². The Morgan fingerprint density at radius 1 is 0.966 bits per heavy atom. The number of benzene rings is 1. The van der Waals surface area contributed by atoms with Crippen LogP contribution in [0.5, 0.6) is 17.2 Å². The van der Waals surface area contributed by atoms with Crippen LogP contribution in [0.3, 0.4) is 0 Å². The first-order valence-electron chi connectivity index (χ1n) is 9.47. The number of nitrogens with zero attached hydrogens (tertiary/aromatic N) is 1. The number of ether oxygens (including phenoxy) is 4. The molecule has 8 nitrogen and oxygen atoms in total. The van der Waals surface area contributed by atoms with Gasteiger partial charge in [0, 0.05) is 5.56 Å². The number of nitrogens with one attached hydrogen (secondary N) is 1. The number of rotatable bonds is 10. The number of amides is 1. The van der Waals surface area contributed by atoms with Crippen LogP contribution in [0.15, 0.2) is 12.1 Å². The van der Waals surface area contributed by atoms with E-state index in [4.69, 9.17) is 18.9 Å². The quantitative estimate of drug-likeness (QED) is 0.576. The van der Waals surface area contributed by atoms with Gasteiger partial charge in [0.15, 0.2) is 16.6 Å². The van der Waals surface area contributed by atoms with Gasteiger partial charge in [-0.2, -0.15) is 0 Å². The fraction of sp³-hybridized carbons (Fsp3) is 0.450. The lowest BCUT2D eigenvalue weighted by Gasteiger charge is -2.16. The van der Waals surface area contributed by atoms with E-state index >= 15 is 0 Å². The lowest BCUT2D eigenvalue weighted by atomic mass is 10.1. The molecule has 1 amide bonds. The van der Waals surface area contributed by atoms with Gasteiger partial charge >= 0.3 is 5.97 Å². The van der Waals surface area contributed by atoms with Crippen LogP contribution in [0.1, 0.15) is 53.4 Å². The SMILES string of the molecule is CCOC(=O)c1sc(NC(=O)c2cc(OCC)c(OCC)c(OCC)c2)nc1C. The lowest BCUT2D eigenvalue weighted by molar-refractivity contribution is 0.0531. The van der Waals surface area contributed by atoms with Crippen LogP contribution in [-0.2, 0) is 4.74 Å². The van der Waals surface area contributed by atoms with Crippen molar-refractivity contribution in [3.8, 4) is 17.2 Å². The first kappa shape index (κ1) is 22.5. The predicted molar refractivity (Wildman–Crippen MR) is 111 cm³/mol. The van der Waals surface area contributed by atoms with E-state index in [0.29, 0.717) is 58.3 Å². The van der Waals surface area contributed by atoms with Crippen LogP contribution < -0.4 is 19.5 Å². The largest absolute Gasteiger partial charge is 0.490 e. The number of anilines is 1. The number of aromatic nitrogens is 1. The summed E-state index contributed by atoms with van der Waals surface area (Å²) in [6.07, 6.45) is 0. The second-order valence-corrected chi connectivity index (χ2v) is 6.71. The molecule has 0 fully saturated rings. The zero-order chi connectivity index (χ0) is 21.4. The molecule has 9 heteroatoms. The Hall–Kier alpha value is -2.81. The molecule has 0 aliphatic heterocycles. The number of thiazole rings is 1. The van der Waals surface area contributed by atoms with Gasteiger partial charge in [-0.3, -0.25) is 10.1 Å². The summed E-state index contributed by atoms with van der Waals surface area (Å²) in [5.74, 6) is 0.448. The number of aryl methyl sites for hydroxylation is 1. The number of esters is 1. The second-order valence-electron chi connectivity index (χ2n) is 5.71. The van der Waals surface area contributed by atoms with Gasteiger partial charge in [0.1, 0.15) is 4.88 Å². The maximum Gasteiger partial charge on any atom is 0.350 e. The first-order valence-corrected chi connectivity index (χ1v) is 10.3. The topological polar surface area (TPSA) is 96.0 Å². The van der Waals surface area contributed by atoms with Crippen molar-refractivity contribution in [2.75, 3.05) is 31.7 Å². The molecule has 2 aromatic rings. The van der Waals surface area contributed by atoms with Crippen molar-refractivity contribution in [1.82, 2.24) is 4.98 Å². The molecule has 29 heavy (non-hydrogen) atoms. The van der Waals surface area contributed by atoms with E-state index < -0.39 is 11.9 Å². The van der Waals surface area contributed by atoms with Gasteiger partial charge in [0.2, 0.25) is 5.75 Å². The van der Waals surface area contributed by atoms with Gasteiger partial charge in [0.05, 0.1) is 32.1 Å². The molecule has 0 aliphatic carbocycles. The highest BCUT2D eigenvalue weighted by atomic mass is 32.1. The molecule has 0 unspecified atom stereocenters. The summed E-state index contributed by atoms with van der Waals surface area (Å²) in [6, 6.07) is 3.19. The van der Waals surface area contributed by atoms with Crippen LogP contribution in [0.25, 0.3) is 0 Å².